The fourth-order valence-corrected chi connectivity index (χ4v) is 1.62. The number of aliphatic hydroxyl groups excluding tert-OH is 1. The van der Waals surface area contributed by atoms with Crippen molar-refractivity contribution in [1.82, 2.24) is 0 Å². The van der Waals surface area contributed by atoms with Gasteiger partial charge in [-0.2, -0.15) is 0 Å². The Morgan fingerprint density at radius 2 is 2.00 bits per heavy atom. The predicted molar refractivity (Wildman–Crippen MR) is 52.6 cm³/mol. The van der Waals surface area contributed by atoms with E-state index >= 15 is 0 Å². The average molecular weight is 201 g/mol. The van der Waals surface area contributed by atoms with E-state index in [4.69, 9.17) is 15.6 Å². The average Bonchev–Trinajstić information content (AvgIpc) is 2.18. The number of esters is 1. The van der Waals surface area contributed by atoms with Crippen LogP contribution in [0.25, 0.3) is 0 Å². The van der Waals surface area contributed by atoms with E-state index in [0.29, 0.717) is 0 Å². The second kappa shape index (κ2) is 5.32. The maximum Gasteiger partial charge on any atom is 0.325 e. The van der Waals surface area contributed by atoms with Crippen molar-refractivity contribution in [1.29, 1.82) is 0 Å². The number of ether oxygens (including phenoxy) is 1. The van der Waals surface area contributed by atoms with Gasteiger partial charge >= 0.3 is 5.97 Å². The summed E-state index contributed by atoms with van der Waals surface area (Å²) in [4.78, 5) is 11.3. The Morgan fingerprint density at radius 3 is 2.50 bits per heavy atom. The Balaban J connectivity index is 2.31. The number of carbonyl (C=O) groups excluding carboxylic acids is 1. The number of hydrogen-bond donors (Lipinski definition) is 2. The summed E-state index contributed by atoms with van der Waals surface area (Å²) in [5.41, 5.74) is 5.45. The minimum absolute atomic E-state index is 0.0149. The van der Waals surface area contributed by atoms with Gasteiger partial charge in [-0.1, -0.05) is 6.42 Å². The Hall–Kier alpha value is -0.610. The molecule has 0 aliphatic heterocycles. The molecule has 1 saturated carbocycles. The maximum atomic E-state index is 11.3. The Labute approximate surface area is 84.4 Å². The van der Waals surface area contributed by atoms with Gasteiger partial charge in [0, 0.05) is 0 Å². The minimum atomic E-state index is -0.906. The second-order valence-corrected chi connectivity index (χ2v) is 3.96. The highest BCUT2D eigenvalue weighted by atomic mass is 16.5. The van der Waals surface area contributed by atoms with E-state index in [2.05, 4.69) is 0 Å². The highest BCUT2D eigenvalue weighted by Crippen LogP contribution is 2.20. The molecule has 1 aliphatic carbocycles. The van der Waals surface area contributed by atoms with Crippen molar-refractivity contribution in [2.45, 2.75) is 57.3 Å². The van der Waals surface area contributed by atoms with Crippen molar-refractivity contribution in [2.75, 3.05) is 0 Å². The van der Waals surface area contributed by atoms with Crippen LogP contribution in [0.1, 0.15) is 39.0 Å². The third-order valence-electron chi connectivity index (χ3n) is 2.63. The van der Waals surface area contributed by atoms with Crippen molar-refractivity contribution in [3.63, 3.8) is 0 Å². The number of aliphatic hydroxyl groups is 1. The molecule has 0 saturated heterocycles. The van der Waals surface area contributed by atoms with Gasteiger partial charge < -0.3 is 15.6 Å². The SMILES string of the molecule is CC(O)C(N)C(=O)OC1CCCCC1. The number of carbonyl (C=O) groups is 1. The summed E-state index contributed by atoms with van der Waals surface area (Å²) in [5.74, 6) is -0.480. The molecule has 0 aromatic rings. The lowest BCUT2D eigenvalue weighted by Gasteiger charge is -2.24. The summed E-state index contributed by atoms with van der Waals surface area (Å²) in [7, 11) is 0. The van der Waals surface area contributed by atoms with Crippen molar-refractivity contribution >= 4 is 5.97 Å². The van der Waals surface area contributed by atoms with E-state index in [-0.39, 0.29) is 6.10 Å². The van der Waals surface area contributed by atoms with Crippen LogP contribution in [0.5, 0.6) is 0 Å². The first-order valence-electron chi connectivity index (χ1n) is 5.25. The number of hydrogen-bond acceptors (Lipinski definition) is 4. The molecule has 0 aromatic carbocycles. The molecule has 14 heavy (non-hydrogen) atoms. The van der Waals surface area contributed by atoms with E-state index in [1.54, 1.807) is 0 Å². The van der Waals surface area contributed by atoms with Crippen molar-refractivity contribution < 1.29 is 14.6 Å². The Morgan fingerprint density at radius 1 is 1.43 bits per heavy atom. The summed E-state index contributed by atoms with van der Waals surface area (Å²) < 4.78 is 5.19. The van der Waals surface area contributed by atoms with Crippen molar-refractivity contribution in [2.24, 2.45) is 5.73 Å². The van der Waals surface area contributed by atoms with Crippen molar-refractivity contribution in [3.05, 3.63) is 0 Å². The van der Waals surface area contributed by atoms with Crippen LogP contribution in [0.4, 0.5) is 0 Å². The molecule has 4 heteroatoms. The molecule has 1 aliphatic rings. The van der Waals surface area contributed by atoms with Crippen LogP contribution in [0.3, 0.4) is 0 Å². The molecule has 82 valence electrons. The first-order chi connectivity index (χ1) is 6.61. The van der Waals surface area contributed by atoms with Crippen LogP contribution >= 0.6 is 0 Å². The topological polar surface area (TPSA) is 72.5 Å². The molecule has 0 heterocycles. The van der Waals surface area contributed by atoms with Gasteiger partial charge in [-0.05, 0) is 32.6 Å². The Bertz CT molecular complexity index is 188. The molecule has 0 spiro atoms. The van der Waals surface area contributed by atoms with Crippen LogP contribution in [0.2, 0.25) is 0 Å². The van der Waals surface area contributed by atoms with Crippen LogP contribution in [0.15, 0.2) is 0 Å². The van der Waals surface area contributed by atoms with Crippen molar-refractivity contribution in [3.8, 4) is 0 Å². The van der Waals surface area contributed by atoms with Gasteiger partial charge in [-0.15, -0.1) is 0 Å². The fraction of sp³-hybridized carbons (Fsp3) is 0.900. The van der Waals surface area contributed by atoms with Gasteiger partial charge in [0.2, 0.25) is 0 Å². The van der Waals surface area contributed by atoms with Crippen LogP contribution in [-0.2, 0) is 9.53 Å². The molecule has 0 amide bonds. The summed E-state index contributed by atoms with van der Waals surface area (Å²) >= 11 is 0. The van der Waals surface area contributed by atoms with Gasteiger partial charge in [-0.25, -0.2) is 0 Å². The van der Waals surface area contributed by atoms with E-state index < -0.39 is 18.1 Å². The molecular formula is C10H19NO3. The molecule has 2 unspecified atom stereocenters. The highest BCUT2D eigenvalue weighted by molar-refractivity contribution is 5.76. The zero-order valence-electron chi connectivity index (χ0n) is 8.61. The molecule has 1 rings (SSSR count). The minimum Gasteiger partial charge on any atom is -0.461 e. The van der Waals surface area contributed by atoms with E-state index in [1.807, 2.05) is 0 Å². The first kappa shape index (κ1) is 11.5. The van der Waals surface area contributed by atoms with Gasteiger partial charge in [0.15, 0.2) is 0 Å². The molecule has 0 aromatic heterocycles. The first-order valence-corrected chi connectivity index (χ1v) is 5.25. The van der Waals surface area contributed by atoms with Crippen LogP contribution < -0.4 is 5.73 Å². The number of nitrogens with two attached hydrogens (primary N) is 1. The zero-order chi connectivity index (χ0) is 10.6. The normalized spacial score (nSPS) is 22.8. The van der Waals surface area contributed by atoms with Crippen LogP contribution in [0, 0.1) is 0 Å². The van der Waals surface area contributed by atoms with Gasteiger partial charge in [0.1, 0.15) is 12.1 Å². The summed E-state index contributed by atoms with van der Waals surface area (Å²) in [6, 6.07) is -0.906. The largest absolute Gasteiger partial charge is 0.461 e. The maximum absolute atomic E-state index is 11.3. The summed E-state index contributed by atoms with van der Waals surface area (Å²) in [5, 5.41) is 9.09. The monoisotopic (exact) mass is 201 g/mol. The quantitative estimate of drug-likeness (QED) is 0.655. The molecule has 1 fully saturated rings. The lowest BCUT2D eigenvalue weighted by molar-refractivity contribution is -0.154. The second-order valence-electron chi connectivity index (χ2n) is 3.96. The number of rotatable bonds is 3. The fourth-order valence-electron chi connectivity index (χ4n) is 1.62. The standard InChI is InChI=1S/C10H19NO3/c1-7(12)9(11)10(13)14-8-5-3-2-4-6-8/h7-9,12H,2-6,11H2,1H3. The predicted octanol–water partition coefficient (Wildman–Crippen LogP) is 0.570. The molecule has 4 nitrogen and oxygen atoms in total. The molecule has 3 N–H and O–H groups in total. The lowest BCUT2D eigenvalue weighted by atomic mass is 9.98. The Kier molecular flexibility index (Phi) is 4.35. The van der Waals surface area contributed by atoms with Gasteiger partial charge in [0.25, 0.3) is 0 Å². The third-order valence-corrected chi connectivity index (χ3v) is 2.63. The van der Waals surface area contributed by atoms with E-state index in [1.165, 1.54) is 13.3 Å². The smallest absolute Gasteiger partial charge is 0.325 e. The molecular weight excluding hydrogens is 182 g/mol. The van der Waals surface area contributed by atoms with E-state index in [0.717, 1.165) is 25.7 Å². The van der Waals surface area contributed by atoms with Gasteiger partial charge in [-0.3, -0.25) is 4.79 Å². The zero-order valence-corrected chi connectivity index (χ0v) is 8.61. The molecule has 0 radical (unpaired) electrons. The highest BCUT2D eigenvalue weighted by Gasteiger charge is 2.24. The van der Waals surface area contributed by atoms with Crippen LogP contribution in [-0.4, -0.2) is 29.3 Å². The third kappa shape index (κ3) is 3.27. The van der Waals surface area contributed by atoms with Gasteiger partial charge in [0.05, 0.1) is 6.10 Å². The summed E-state index contributed by atoms with van der Waals surface area (Å²) in [6.07, 6.45) is 4.48. The molecule has 0 bridgehead atoms. The lowest BCUT2D eigenvalue weighted by Crippen LogP contribution is -2.43. The van der Waals surface area contributed by atoms with E-state index in [9.17, 15) is 4.79 Å². The summed E-state index contributed by atoms with van der Waals surface area (Å²) in [6.45, 7) is 1.49. The molecule has 2 atom stereocenters.